The normalized spacial score (nSPS) is 12.5. The molecular weight excluding hydrogens is 372 g/mol. The van der Waals surface area contributed by atoms with Gasteiger partial charge in [-0.25, -0.2) is 4.68 Å². The van der Waals surface area contributed by atoms with Crippen LogP contribution in [-0.4, -0.2) is 30.7 Å². The maximum atomic E-state index is 12.8. The van der Waals surface area contributed by atoms with Gasteiger partial charge in [0.2, 0.25) is 5.91 Å². The molecule has 1 aromatic carbocycles. The van der Waals surface area contributed by atoms with Gasteiger partial charge in [0.05, 0.1) is 23.7 Å². The van der Waals surface area contributed by atoms with Crippen LogP contribution in [0.3, 0.4) is 0 Å². The van der Waals surface area contributed by atoms with E-state index in [1.54, 1.807) is 22.3 Å². The number of nitrogens with zero attached hydrogens (tertiary/aromatic N) is 5. The fourth-order valence-corrected chi connectivity index (χ4v) is 4.11. The van der Waals surface area contributed by atoms with E-state index in [4.69, 9.17) is 0 Å². The van der Waals surface area contributed by atoms with Gasteiger partial charge in [-0.15, -0.1) is 5.10 Å². The number of hydrogen-bond donors (Lipinski definition) is 1. The number of thiophene rings is 1. The van der Waals surface area contributed by atoms with Crippen LogP contribution in [0.1, 0.15) is 31.9 Å². The number of carbonyl (C=O) groups is 1. The molecule has 0 radical (unpaired) electrons. The number of aromatic nitrogens is 5. The van der Waals surface area contributed by atoms with Gasteiger partial charge in [-0.2, -0.15) is 11.3 Å². The summed E-state index contributed by atoms with van der Waals surface area (Å²) in [4.78, 5) is 12.8. The molecule has 0 unspecified atom stereocenters. The average molecular weight is 395 g/mol. The molecule has 1 N–H and O–H groups in total. The Labute approximate surface area is 167 Å². The summed E-state index contributed by atoms with van der Waals surface area (Å²) in [6, 6.07) is 9.83. The summed E-state index contributed by atoms with van der Waals surface area (Å²) < 4.78 is 3.85. The molecule has 0 saturated heterocycles. The Morgan fingerprint density at radius 1 is 1.25 bits per heavy atom. The van der Waals surface area contributed by atoms with Crippen molar-refractivity contribution in [3.8, 4) is 0 Å². The number of tetrazole rings is 1. The van der Waals surface area contributed by atoms with Crippen LogP contribution in [0.2, 0.25) is 0 Å². The van der Waals surface area contributed by atoms with E-state index in [0.29, 0.717) is 5.92 Å². The lowest BCUT2D eigenvalue weighted by molar-refractivity contribution is -0.116. The zero-order valence-corrected chi connectivity index (χ0v) is 16.6. The molecule has 7 nitrogen and oxygen atoms in total. The van der Waals surface area contributed by atoms with Gasteiger partial charge in [-0.3, -0.25) is 4.79 Å². The number of amides is 1. The van der Waals surface area contributed by atoms with Crippen LogP contribution < -0.4 is 5.32 Å². The smallest absolute Gasteiger partial charge is 0.226 e. The molecule has 1 amide bonds. The summed E-state index contributed by atoms with van der Waals surface area (Å²) in [7, 11) is 0. The quantitative estimate of drug-likeness (QED) is 0.515. The minimum absolute atomic E-state index is 0.0733. The van der Waals surface area contributed by atoms with Crippen molar-refractivity contribution in [2.75, 3.05) is 5.32 Å². The summed E-state index contributed by atoms with van der Waals surface area (Å²) in [5.41, 5.74) is 2.97. The summed E-state index contributed by atoms with van der Waals surface area (Å²) in [5.74, 6) is 0.479. The van der Waals surface area contributed by atoms with Crippen LogP contribution in [0.25, 0.3) is 10.9 Å². The molecule has 0 spiro atoms. The molecule has 1 atom stereocenters. The molecule has 0 aliphatic carbocycles. The topological polar surface area (TPSA) is 77.6 Å². The highest BCUT2D eigenvalue weighted by Crippen LogP contribution is 2.27. The molecule has 144 valence electrons. The molecule has 0 fully saturated rings. The van der Waals surface area contributed by atoms with E-state index in [-0.39, 0.29) is 18.4 Å². The third kappa shape index (κ3) is 3.82. The van der Waals surface area contributed by atoms with Crippen molar-refractivity contribution >= 4 is 33.8 Å². The number of rotatable bonds is 7. The van der Waals surface area contributed by atoms with Gasteiger partial charge in [0.25, 0.3) is 0 Å². The van der Waals surface area contributed by atoms with Crippen molar-refractivity contribution in [3.63, 3.8) is 0 Å². The number of carbonyl (C=O) groups excluding carboxylic acids is 1. The Bertz CT molecular complexity index is 1020. The van der Waals surface area contributed by atoms with E-state index in [0.717, 1.165) is 28.7 Å². The van der Waals surface area contributed by atoms with Gasteiger partial charge in [0.1, 0.15) is 6.33 Å². The fourth-order valence-electron chi connectivity index (χ4n) is 3.40. The van der Waals surface area contributed by atoms with Crippen LogP contribution in [0.5, 0.6) is 0 Å². The molecule has 0 aliphatic rings. The summed E-state index contributed by atoms with van der Waals surface area (Å²) in [5, 5.41) is 19.5. The standard InChI is InChI=1S/C20H22N6OS/c1-14(2)11-25-8-6-16-17(4-3-5-18(16)25)22-20(27)10-19(15-7-9-28-12-15)26-13-21-23-24-26/h3-9,12-14,19H,10-11H2,1-2H3,(H,22,27)/t19-/m0/s1. The third-order valence-electron chi connectivity index (χ3n) is 4.64. The van der Waals surface area contributed by atoms with E-state index >= 15 is 0 Å². The Morgan fingerprint density at radius 2 is 2.14 bits per heavy atom. The average Bonchev–Trinajstić information content (AvgIpc) is 3.42. The van der Waals surface area contributed by atoms with Crippen LogP contribution in [0, 0.1) is 5.92 Å². The highest BCUT2D eigenvalue weighted by molar-refractivity contribution is 7.08. The summed E-state index contributed by atoms with van der Waals surface area (Å²) in [6.07, 6.45) is 3.88. The largest absolute Gasteiger partial charge is 0.347 e. The number of hydrogen-bond acceptors (Lipinski definition) is 5. The van der Waals surface area contributed by atoms with Gasteiger partial charge >= 0.3 is 0 Å². The van der Waals surface area contributed by atoms with Crippen molar-refractivity contribution in [1.29, 1.82) is 0 Å². The van der Waals surface area contributed by atoms with Crippen LogP contribution in [-0.2, 0) is 11.3 Å². The minimum atomic E-state index is -0.231. The van der Waals surface area contributed by atoms with E-state index in [1.165, 1.54) is 0 Å². The lowest BCUT2D eigenvalue weighted by Gasteiger charge is -2.15. The van der Waals surface area contributed by atoms with Crippen molar-refractivity contribution in [2.45, 2.75) is 32.9 Å². The molecule has 4 aromatic rings. The molecule has 28 heavy (non-hydrogen) atoms. The first-order valence-corrected chi connectivity index (χ1v) is 10.2. The van der Waals surface area contributed by atoms with Gasteiger partial charge in [-0.05, 0) is 56.9 Å². The number of fused-ring (bicyclic) bond motifs is 1. The van der Waals surface area contributed by atoms with E-state index in [1.807, 2.05) is 29.0 Å². The monoisotopic (exact) mass is 394 g/mol. The lowest BCUT2D eigenvalue weighted by Crippen LogP contribution is -2.20. The van der Waals surface area contributed by atoms with Gasteiger partial charge in [0, 0.05) is 18.1 Å². The first-order valence-electron chi connectivity index (χ1n) is 9.24. The predicted molar refractivity (Wildman–Crippen MR) is 110 cm³/mol. The van der Waals surface area contributed by atoms with Crippen molar-refractivity contribution in [2.24, 2.45) is 5.92 Å². The van der Waals surface area contributed by atoms with Crippen molar-refractivity contribution < 1.29 is 4.79 Å². The highest BCUT2D eigenvalue weighted by atomic mass is 32.1. The second-order valence-electron chi connectivity index (χ2n) is 7.21. The number of nitrogens with one attached hydrogen (secondary N) is 1. The zero-order valence-electron chi connectivity index (χ0n) is 15.8. The van der Waals surface area contributed by atoms with Crippen LogP contribution >= 0.6 is 11.3 Å². The Morgan fingerprint density at radius 3 is 2.86 bits per heavy atom. The maximum absolute atomic E-state index is 12.8. The summed E-state index contributed by atoms with van der Waals surface area (Å²) in [6.45, 7) is 5.34. The second-order valence-corrected chi connectivity index (χ2v) is 7.99. The van der Waals surface area contributed by atoms with Gasteiger partial charge in [-0.1, -0.05) is 19.9 Å². The Kier molecular flexibility index (Phi) is 5.21. The molecule has 0 aliphatic heterocycles. The molecular formula is C20H22N6OS. The lowest BCUT2D eigenvalue weighted by atomic mass is 10.1. The SMILES string of the molecule is CC(C)Cn1ccc2c(NC(=O)C[C@@H](c3ccsc3)n3cnnn3)cccc21. The van der Waals surface area contributed by atoms with Crippen molar-refractivity contribution in [3.05, 3.63) is 59.2 Å². The Hall–Kier alpha value is -3.00. The van der Waals surface area contributed by atoms with E-state index in [2.05, 4.69) is 57.6 Å². The first-order chi connectivity index (χ1) is 13.6. The van der Waals surface area contributed by atoms with Gasteiger partial charge in [0.15, 0.2) is 0 Å². The number of benzene rings is 1. The predicted octanol–water partition coefficient (Wildman–Crippen LogP) is 3.96. The number of anilines is 1. The zero-order chi connectivity index (χ0) is 19.5. The molecule has 4 rings (SSSR count). The van der Waals surface area contributed by atoms with E-state index < -0.39 is 0 Å². The molecule has 3 aromatic heterocycles. The third-order valence-corrected chi connectivity index (χ3v) is 5.34. The second kappa shape index (κ2) is 7.93. The van der Waals surface area contributed by atoms with Crippen LogP contribution in [0.15, 0.2) is 53.6 Å². The summed E-state index contributed by atoms with van der Waals surface area (Å²) >= 11 is 1.59. The van der Waals surface area contributed by atoms with Crippen LogP contribution in [0.4, 0.5) is 5.69 Å². The molecule has 0 saturated carbocycles. The van der Waals surface area contributed by atoms with Gasteiger partial charge < -0.3 is 9.88 Å². The Balaban J connectivity index is 1.55. The molecule has 3 heterocycles. The minimum Gasteiger partial charge on any atom is -0.347 e. The van der Waals surface area contributed by atoms with E-state index in [9.17, 15) is 4.79 Å². The highest BCUT2D eigenvalue weighted by Gasteiger charge is 2.20. The fraction of sp³-hybridized carbons (Fsp3) is 0.300. The first kappa shape index (κ1) is 18.4. The molecule has 8 heteroatoms. The maximum Gasteiger partial charge on any atom is 0.226 e. The van der Waals surface area contributed by atoms with Crippen molar-refractivity contribution in [1.82, 2.24) is 24.8 Å². The molecule has 0 bridgehead atoms.